The highest BCUT2D eigenvalue weighted by molar-refractivity contribution is 9.10. The van der Waals surface area contributed by atoms with Crippen molar-refractivity contribution in [3.63, 3.8) is 0 Å². The van der Waals surface area contributed by atoms with Crippen LogP contribution in [0.25, 0.3) is 11.3 Å². The van der Waals surface area contributed by atoms with E-state index in [9.17, 15) is 4.79 Å². The van der Waals surface area contributed by atoms with Crippen LogP contribution >= 0.6 is 50.5 Å². The summed E-state index contributed by atoms with van der Waals surface area (Å²) in [5.74, 6) is 0.228. The minimum absolute atomic E-state index is 0.307. The molecule has 4 aromatic rings. The maximum Gasteiger partial charge on any atom is 0.343 e. The molecule has 0 spiro atoms. The molecule has 172 valence electrons. The molecule has 0 radical (unpaired) electrons. The van der Waals surface area contributed by atoms with Crippen LogP contribution in [0.4, 0.5) is 5.13 Å². The maximum atomic E-state index is 12.4. The lowest BCUT2D eigenvalue weighted by atomic mass is 10.2. The third-order valence-electron chi connectivity index (χ3n) is 4.54. The molecule has 1 heterocycles. The van der Waals surface area contributed by atoms with Crippen LogP contribution in [-0.4, -0.2) is 24.3 Å². The third kappa shape index (κ3) is 5.95. The highest BCUT2D eigenvalue weighted by Crippen LogP contribution is 2.32. The summed E-state index contributed by atoms with van der Waals surface area (Å²) in [4.78, 5) is 16.9. The number of hydrogen-bond donors (Lipinski definition) is 1. The van der Waals surface area contributed by atoms with Crippen molar-refractivity contribution in [3.8, 4) is 22.8 Å². The molecule has 3 aromatic carbocycles. The number of nitrogens with one attached hydrogen (secondary N) is 1. The van der Waals surface area contributed by atoms with E-state index in [1.54, 1.807) is 54.7 Å². The summed E-state index contributed by atoms with van der Waals surface area (Å²) in [7, 11) is 1.50. The first-order valence-corrected chi connectivity index (χ1v) is 12.2. The molecular formula is C24H16BrCl2N3O3S. The normalized spacial score (nSPS) is 10.9. The van der Waals surface area contributed by atoms with E-state index in [1.807, 2.05) is 17.5 Å². The second kappa shape index (κ2) is 11.0. The van der Waals surface area contributed by atoms with Crippen LogP contribution < -0.4 is 14.9 Å². The Hall–Kier alpha value is -2.91. The molecule has 0 aliphatic rings. The van der Waals surface area contributed by atoms with Crippen molar-refractivity contribution >= 4 is 67.8 Å². The van der Waals surface area contributed by atoms with E-state index >= 15 is 0 Å². The summed E-state index contributed by atoms with van der Waals surface area (Å²) in [6.45, 7) is 0. The summed E-state index contributed by atoms with van der Waals surface area (Å²) in [6, 6.07) is 17.4. The number of ether oxygens (including phenoxy) is 2. The van der Waals surface area contributed by atoms with E-state index in [4.69, 9.17) is 32.7 Å². The Labute approximate surface area is 218 Å². The van der Waals surface area contributed by atoms with Gasteiger partial charge in [-0.2, -0.15) is 5.10 Å². The third-order valence-corrected chi connectivity index (χ3v) is 6.32. The molecule has 0 fully saturated rings. The van der Waals surface area contributed by atoms with Crippen LogP contribution in [0.5, 0.6) is 11.5 Å². The van der Waals surface area contributed by atoms with Crippen LogP contribution in [0.2, 0.25) is 10.0 Å². The molecule has 0 atom stereocenters. The molecule has 0 unspecified atom stereocenters. The van der Waals surface area contributed by atoms with E-state index in [1.165, 1.54) is 18.4 Å². The van der Waals surface area contributed by atoms with Gasteiger partial charge < -0.3 is 9.47 Å². The predicted octanol–water partition coefficient (Wildman–Crippen LogP) is 7.55. The number of rotatable bonds is 7. The van der Waals surface area contributed by atoms with Crippen molar-refractivity contribution in [2.75, 3.05) is 12.5 Å². The summed E-state index contributed by atoms with van der Waals surface area (Å²) in [5, 5.41) is 7.80. The molecular weight excluding hydrogens is 561 g/mol. The van der Waals surface area contributed by atoms with Gasteiger partial charge in [0.2, 0.25) is 5.13 Å². The average molecular weight is 577 g/mol. The summed E-state index contributed by atoms with van der Waals surface area (Å²) in [5.41, 5.74) is 5.58. The van der Waals surface area contributed by atoms with Gasteiger partial charge >= 0.3 is 5.97 Å². The Balaban J connectivity index is 1.43. The Morgan fingerprint density at radius 1 is 1.12 bits per heavy atom. The van der Waals surface area contributed by atoms with E-state index < -0.39 is 5.97 Å². The zero-order valence-corrected chi connectivity index (χ0v) is 21.5. The van der Waals surface area contributed by atoms with Crippen molar-refractivity contribution in [2.24, 2.45) is 5.10 Å². The molecule has 4 rings (SSSR count). The minimum atomic E-state index is -0.483. The van der Waals surface area contributed by atoms with Gasteiger partial charge in [-0.05, 0) is 60.2 Å². The molecule has 1 aromatic heterocycles. The molecule has 0 saturated heterocycles. The Morgan fingerprint density at radius 3 is 2.74 bits per heavy atom. The molecule has 1 N–H and O–H groups in total. The predicted molar refractivity (Wildman–Crippen MR) is 141 cm³/mol. The Morgan fingerprint density at radius 2 is 1.97 bits per heavy atom. The molecule has 0 aliphatic carbocycles. The van der Waals surface area contributed by atoms with Gasteiger partial charge in [0.1, 0.15) is 0 Å². The van der Waals surface area contributed by atoms with E-state index in [0.717, 1.165) is 21.3 Å². The fraction of sp³-hybridized carbons (Fsp3) is 0.0417. The topological polar surface area (TPSA) is 72.8 Å². The first-order chi connectivity index (χ1) is 16.4. The van der Waals surface area contributed by atoms with Gasteiger partial charge in [0.05, 0.1) is 29.6 Å². The van der Waals surface area contributed by atoms with Gasteiger partial charge in [0, 0.05) is 20.4 Å². The van der Waals surface area contributed by atoms with Gasteiger partial charge in [-0.3, -0.25) is 5.43 Å². The number of carbonyl (C=O) groups is 1. The first-order valence-electron chi connectivity index (χ1n) is 9.79. The zero-order chi connectivity index (χ0) is 24.1. The summed E-state index contributed by atoms with van der Waals surface area (Å²) < 4.78 is 11.7. The number of thiazole rings is 1. The lowest BCUT2D eigenvalue weighted by molar-refractivity contribution is 0.0729. The zero-order valence-electron chi connectivity index (χ0n) is 17.6. The number of halogens is 3. The molecule has 0 amide bonds. The first kappa shape index (κ1) is 24.2. The number of methoxy groups -OCH3 is 1. The minimum Gasteiger partial charge on any atom is -0.493 e. The van der Waals surface area contributed by atoms with E-state index in [-0.39, 0.29) is 0 Å². The molecule has 6 nitrogen and oxygen atoms in total. The van der Waals surface area contributed by atoms with Crippen LogP contribution in [-0.2, 0) is 0 Å². The van der Waals surface area contributed by atoms with Crippen LogP contribution in [0, 0.1) is 0 Å². The van der Waals surface area contributed by atoms with Crippen molar-refractivity contribution in [3.05, 3.63) is 91.7 Å². The highest BCUT2D eigenvalue weighted by atomic mass is 79.9. The van der Waals surface area contributed by atoms with Gasteiger partial charge in [-0.1, -0.05) is 45.2 Å². The monoisotopic (exact) mass is 575 g/mol. The maximum absolute atomic E-state index is 12.4. The fourth-order valence-electron chi connectivity index (χ4n) is 2.93. The van der Waals surface area contributed by atoms with Crippen LogP contribution in [0.1, 0.15) is 15.9 Å². The van der Waals surface area contributed by atoms with Gasteiger partial charge in [0.15, 0.2) is 11.5 Å². The Kier molecular flexibility index (Phi) is 7.84. The largest absolute Gasteiger partial charge is 0.493 e. The summed E-state index contributed by atoms with van der Waals surface area (Å²) >= 11 is 17.0. The molecule has 0 bridgehead atoms. The smallest absolute Gasteiger partial charge is 0.343 e. The van der Waals surface area contributed by atoms with Crippen molar-refractivity contribution in [2.45, 2.75) is 0 Å². The average Bonchev–Trinajstić information content (AvgIpc) is 3.28. The quantitative estimate of drug-likeness (QED) is 0.106. The number of esters is 1. The standard InChI is InChI=1S/C24H16BrCl2N3O3S/c1-32-22-9-14(5-8-21(22)33-23(31)15-3-2-4-16(25)10-15)12-28-30-24-29-20(13-34-24)18-7-6-17(26)11-19(18)27/h2-13H,1H3,(H,29,30). The summed E-state index contributed by atoms with van der Waals surface area (Å²) in [6.07, 6.45) is 1.61. The number of benzene rings is 3. The number of nitrogens with zero attached hydrogens (tertiary/aromatic N) is 2. The molecule has 0 saturated carbocycles. The van der Waals surface area contributed by atoms with Gasteiger partial charge in [0.25, 0.3) is 0 Å². The second-order valence-corrected chi connectivity index (χ2v) is 9.46. The lowest BCUT2D eigenvalue weighted by Gasteiger charge is -2.10. The SMILES string of the molecule is COc1cc(C=NNc2nc(-c3ccc(Cl)cc3Cl)cs2)ccc1OC(=O)c1cccc(Br)c1. The number of anilines is 1. The molecule has 34 heavy (non-hydrogen) atoms. The van der Waals surface area contributed by atoms with Crippen molar-refractivity contribution < 1.29 is 14.3 Å². The van der Waals surface area contributed by atoms with E-state index in [0.29, 0.717) is 32.2 Å². The number of hydrazone groups is 1. The number of hydrogen-bond acceptors (Lipinski definition) is 7. The highest BCUT2D eigenvalue weighted by Gasteiger charge is 2.13. The van der Waals surface area contributed by atoms with Crippen LogP contribution in [0.3, 0.4) is 0 Å². The van der Waals surface area contributed by atoms with Gasteiger partial charge in [-0.15, -0.1) is 11.3 Å². The fourth-order valence-corrected chi connectivity index (χ4v) is 4.50. The van der Waals surface area contributed by atoms with Gasteiger partial charge in [-0.25, -0.2) is 9.78 Å². The van der Waals surface area contributed by atoms with Crippen LogP contribution in [0.15, 0.2) is 75.6 Å². The lowest BCUT2D eigenvalue weighted by Crippen LogP contribution is -2.09. The van der Waals surface area contributed by atoms with Crippen molar-refractivity contribution in [1.29, 1.82) is 0 Å². The molecule has 0 aliphatic heterocycles. The molecule has 10 heteroatoms. The van der Waals surface area contributed by atoms with E-state index in [2.05, 4.69) is 31.4 Å². The number of carbonyl (C=O) groups excluding carboxylic acids is 1. The second-order valence-electron chi connectivity index (χ2n) is 6.84. The van der Waals surface area contributed by atoms with Crippen molar-refractivity contribution in [1.82, 2.24) is 4.98 Å². The number of aromatic nitrogens is 1. The Bertz CT molecular complexity index is 1380.